The van der Waals surface area contributed by atoms with Crippen LogP contribution in [0.3, 0.4) is 0 Å². The summed E-state index contributed by atoms with van der Waals surface area (Å²) in [7, 11) is 0. The van der Waals surface area contributed by atoms with Crippen LogP contribution in [0.25, 0.3) is 0 Å². The van der Waals surface area contributed by atoms with E-state index in [0.717, 1.165) is 28.7 Å². The SMILES string of the molecule is Cc1cnc(NC2CCCC2N)c(Br)c1. The van der Waals surface area contributed by atoms with Gasteiger partial charge in [0, 0.05) is 18.3 Å². The first-order valence-electron chi connectivity index (χ1n) is 5.31. The lowest BCUT2D eigenvalue weighted by Crippen LogP contribution is -2.35. The summed E-state index contributed by atoms with van der Waals surface area (Å²) in [6, 6.07) is 2.70. The number of aromatic nitrogens is 1. The molecule has 3 nitrogen and oxygen atoms in total. The molecule has 3 N–H and O–H groups in total. The minimum absolute atomic E-state index is 0.264. The van der Waals surface area contributed by atoms with Gasteiger partial charge in [0.2, 0.25) is 0 Å². The Labute approximate surface area is 98.6 Å². The summed E-state index contributed by atoms with van der Waals surface area (Å²) in [6.07, 6.45) is 5.33. The van der Waals surface area contributed by atoms with Gasteiger partial charge in [0.1, 0.15) is 5.82 Å². The van der Waals surface area contributed by atoms with Crippen molar-refractivity contribution < 1.29 is 0 Å². The molecule has 82 valence electrons. The van der Waals surface area contributed by atoms with Crippen LogP contribution in [-0.4, -0.2) is 17.1 Å². The zero-order valence-electron chi connectivity index (χ0n) is 8.83. The van der Waals surface area contributed by atoms with Crippen LogP contribution < -0.4 is 11.1 Å². The number of pyridine rings is 1. The van der Waals surface area contributed by atoms with Crippen LogP contribution in [0.5, 0.6) is 0 Å². The molecule has 1 aromatic rings. The summed E-state index contributed by atoms with van der Waals surface area (Å²) in [5.41, 5.74) is 7.16. The number of hydrogen-bond acceptors (Lipinski definition) is 3. The highest BCUT2D eigenvalue weighted by atomic mass is 79.9. The third kappa shape index (κ3) is 2.49. The van der Waals surface area contributed by atoms with Crippen molar-refractivity contribution in [1.29, 1.82) is 0 Å². The van der Waals surface area contributed by atoms with Crippen molar-refractivity contribution in [1.82, 2.24) is 4.98 Å². The Morgan fingerprint density at radius 1 is 1.53 bits per heavy atom. The number of halogens is 1. The predicted octanol–water partition coefficient (Wildman–Crippen LogP) is 2.44. The molecule has 1 heterocycles. The highest BCUT2D eigenvalue weighted by molar-refractivity contribution is 9.10. The largest absolute Gasteiger partial charge is 0.365 e. The molecule has 1 aliphatic rings. The van der Waals surface area contributed by atoms with Gasteiger partial charge in [0.05, 0.1) is 4.47 Å². The average Bonchev–Trinajstić information content (AvgIpc) is 2.57. The topological polar surface area (TPSA) is 50.9 Å². The minimum Gasteiger partial charge on any atom is -0.365 e. The minimum atomic E-state index is 0.264. The standard InChI is InChI=1S/C11H16BrN3/c1-7-5-8(12)11(14-6-7)15-10-4-2-3-9(10)13/h5-6,9-10H,2-4,13H2,1H3,(H,14,15). The molecule has 1 fully saturated rings. The van der Waals surface area contributed by atoms with Gasteiger partial charge < -0.3 is 11.1 Å². The number of rotatable bonds is 2. The molecular weight excluding hydrogens is 254 g/mol. The molecule has 2 unspecified atom stereocenters. The lowest BCUT2D eigenvalue weighted by molar-refractivity contribution is 0.635. The van der Waals surface area contributed by atoms with Gasteiger partial charge in [-0.1, -0.05) is 0 Å². The van der Waals surface area contributed by atoms with E-state index in [2.05, 4.69) is 32.3 Å². The Kier molecular flexibility index (Phi) is 3.26. The molecule has 1 aromatic heterocycles. The van der Waals surface area contributed by atoms with Crippen molar-refractivity contribution in [2.75, 3.05) is 5.32 Å². The summed E-state index contributed by atoms with van der Waals surface area (Å²) < 4.78 is 1.02. The van der Waals surface area contributed by atoms with Crippen LogP contribution >= 0.6 is 15.9 Å². The fourth-order valence-corrected chi connectivity index (χ4v) is 2.56. The highest BCUT2D eigenvalue weighted by Crippen LogP contribution is 2.25. The van der Waals surface area contributed by atoms with E-state index < -0.39 is 0 Å². The van der Waals surface area contributed by atoms with E-state index >= 15 is 0 Å². The van der Waals surface area contributed by atoms with Crippen LogP contribution in [-0.2, 0) is 0 Å². The molecular formula is C11H16BrN3. The maximum Gasteiger partial charge on any atom is 0.140 e. The first-order valence-corrected chi connectivity index (χ1v) is 6.10. The van der Waals surface area contributed by atoms with Gasteiger partial charge in [-0.2, -0.15) is 0 Å². The van der Waals surface area contributed by atoms with E-state index in [1.54, 1.807) is 0 Å². The second kappa shape index (κ2) is 4.49. The Morgan fingerprint density at radius 2 is 2.33 bits per heavy atom. The number of nitrogens with two attached hydrogens (primary N) is 1. The first-order chi connectivity index (χ1) is 7.16. The number of aryl methyl sites for hydroxylation is 1. The maximum atomic E-state index is 6.00. The lowest BCUT2D eigenvalue weighted by atomic mass is 10.2. The zero-order valence-corrected chi connectivity index (χ0v) is 10.4. The van der Waals surface area contributed by atoms with Crippen LogP contribution in [0.4, 0.5) is 5.82 Å². The first kappa shape index (κ1) is 10.9. The smallest absolute Gasteiger partial charge is 0.140 e. The van der Waals surface area contributed by atoms with Crippen molar-refractivity contribution in [3.05, 3.63) is 22.3 Å². The summed E-state index contributed by atoms with van der Waals surface area (Å²) in [4.78, 5) is 4.36. The molecule has 0 saturated heterocycles. The fraction of sp³-hybridized carbons (Fsp3) is 0.545. The van der Waals surface area contributed by atoms with Crippen molar-refractivity contribution in [2.45, 2.75) is 38.3 Å². The highest BCUT2D eigenvalue weighted by Gasteiger charge is 2.24. The van der Waals surface area contributed by atoms with E-state index in [1.165, 1.54) is 6.42 Å². The molecule has 0 aliphatic heterocycles. The second-order valence-corrected chi connectivity index (χ2v) is 5.04. The van der Waals surface area contributed by atoms with Crippen molar-refractivity contribution in [3.63, 3.8) is 0 Å². The van der Waals surface area contributed by atoms with Crippen molar-refractivity contribution in [2.24, 2.45) is 5.73 Å². The van der Waals surface area contributed by atoms with E-state index in [0.29, 0.717) is 6.04 Å². The maximum absolute atomic E-state index is 6.00. The molecule has 0 aromatic carbocycles. The monoisotopic (exact) mass is 269 g/mol. The average molecular weight is 270 g/mol. The zero-order chi connectivity index (χ0) is 10.8. The predicted molar refractivity (Wildman–Crippen MR) is 65.9 cm³/mol. The van der Waals surface area contributed by atoms with E-state index in [1.807, 2.05) is 13.1 Å². The molecule has 4 heteroatoms. The number of hydrogen-bond donors (Lipinski definition) is 2. The van der Waals surface area contributed by atoms with E-state index in [4.69, 9.17) is 5.73 Å². The Balaban J connectivity index is 2.10. The normalized spacial score (nSPS) is 25.5. The van der Waals surface area contributed by atoms with Gasteiger partial charge in [-0.05, 0) is 53.7 Å². The number of nitrogens with zero attached hydrogens (tertiary/aromatic N) is 1. The Bertz CT molecular complexity index is 354. The molecule has 0 radical (unpaired) electrons. The van der Waals surface area contributed by atoms with Crippen molar-refractivity contribution in [3.8, 4) is 0 Å². The third-order valence-corrected chi connectivity index (χ3v) is 3.47. The summed E-state index contributed by atoms with van der Waals surface area (Å²) >= 11 is 3.51. The molecule has 0 amide bonds. The van der Waals surface area contributed by atoms with E-state index in [-0.39, 0.29) is 6.04 Å². The van der Waals surface area contributed by atoms with Gasteiger partial charge in [-0.25, -0.2) is 4.98 Å². The van der Waals surface area contributed by atoms with Crippen LogP contribution in [0.2, 0.25) is 0 Å². The molecule has 2 rings (SSSR count). The summed E-state index contributed by atoms with van der Waals surface area (Å²) in [5, 5.41) is 3.40. The number of nitrogens with one attached hydrogen (secondary N) is 1. The molecule has 0 spiro atoms. The Hall–Kier alpha value is -0.610. The molecule has 0 bridgehead atoms. The van der Waals surface area contributed by atoms with Gasteiger partial charge >= 0.3 is 0 Å². The summed E-state index contributed by atoms with van der Waals surface area (Å²) in [5.74, 6) is 0.906. The van der Waals surface area contributed by atoms with Gasteiger partial charge in [-0.15, -0.1) is 0 Å². The Morgan fingerprint density at radius 3 is 2.93 bits per heavy atom. The third-order valence-electron chi connectivity index (χ3n) is 2.87. The number of anilines is 1. The molecule has 2 atom stereocenters. The lowest BCUT2D eigenvalue weighted by Gasteiger charge is -2.18. The van der Waals surface area contributed by atoms with Gasteiger partial charge in [0.25, 0.3) is 0 Å². The second-order valence-electron chi connectivity index (χ2n) is 4.19. The van der Waals surface area contributed by atoms with Crippen LogP contribution in [0, 0.1) is 6.92 Å². The summed E-state index contributed by atoms with van der Waals surface area (Å²) in [6.45, 7) is 2.03. The van der Waals surface area contributed by atoms with Crippen LogP contribution in [0.15, 0.2) is 16.7 Å². The fourth-order valence-electron chi connectivity index (χ4n) is 1.98. The molecule has 1 saturated carbocycles. The van der Waals surface area contributed by atoms with Crippen molar-refractivity contribution >= 4 is 21.7 Å². The van der Waals surface area contributed by atoms with E-state index in [9.17, 15) is 0 Å². The van der Waals surface area contributed by atoms with Gasteiger partial charge in [-0.3, -0.25) is 0 Å². The quantitative estimate of drug-likeness (QED) is 0.867. The molecule has 15 heavy (non-hydrogen) atoms. The van der Waals surface area contributed by atoms with Crippen LogP contribution in [0.1, 0.15) is 24.8 Å². The molecule has 1 aliphatic carbocycles. The van der Waals surface area contributed by atoms with Gasteiger partial charge in [0.15, 0.2) is 0 Å².